The fraction of sp³-hybridized carbons (Fsp3) is 0.667. The van der Waals surface area contributed by atoms with Crippen LogP contribution in [0.25, 0.3) is 0 Å². The number of hydrogen-bond acceptors (Lipinski definition) is 6. The van der Waals surface area contributed by atoms with Gasteiger partial charge in [0.2, 0.25) is 10.0 Å². The van der Waals surface area contributed by atoms with Gasteiger partial charge in [0.1, 0.15) is 9.77 Å². The maximum absolute atomic E-state index is 12.9. The van der Waals surface area contributed by atoms with Crippen molar-refractivity contribution in [2.45, 2.75) is 4.90 Å². The fourth-order valence-electron chi connectivity index (χ4n) is 3.75. The van der Waals surface area contributed by atoms with Crippen molar-refractivity contribution in [1.82, 2.24) is 14.5 Å². The Kier molecular flexibility index (Phi) is 4.63. The Labute approximate surface area is 150 Å². The molecule has 132 valence electrons. The van der Waals surface area contributed by atoms with Crippen molar-refractivity contribution in [3.8, 4) is 0 Å². The molecule has 2 atom stereocenters. The molecule has 4 heterocycles. The van der Waals surface area contributed by atoms with Crippen molar-refractivity contribution < 1.29 is 13.2 Å². The van der Waals surface area contributed by atoms with E-state index in [1.54, 1.807) is 23.2 Å². The first-order chi connectivity index (χ1) is 11.6. The fourth-order valence-corrected chi connectivity index (χ4v) is 7.69. The third-order valence-corrected chi connectivity index (χ3v) is 9.00. The minimum Gasteiger partial charge on any atom is -0.337 e. The van der Waals surface area contributed by atoms with Crippen LogP contribution in [-0.4, -0.2) is 74.3 Å². The van der Waals surface area contributed by atoms with Gasteiger partial charge in [-0.15, -0.1) is 11.3 Å². The van der Waals surface area contributed by atoms with E-state index in [2.05, 4.69) is 5.32 Å². The Morgan fingerprint density at radius 3 is 2.50 bits per heavy atom. The van der Waals surface area contributed by atoms with E-state index < -0.39 is 10.0 Å². The van der Waals surface area contributed by atoms with Crippen LogP contribution in [0, 0.1) is 11.8 Å². The van der Waals surface area contributed by atoms with Gasteiger partial charge in [0.25, 0.3) is 5.91 Å². The van der Waals surface area contributed by atoms with Crippen LogP contribution in [0.4, 0.5) is 0 Å². The number of nitrogens with one attached hydrogen (secondary N) is 1. The highest BCUT2D eigenvalue weighted by molar-refractivity contribution is 7.99. The maximum atomic E-state index is 12.9. The zero-order valence-corrected chi connectivity index (χ0v) is 15.8. The quantitative estimate of drug-likeness (QED) is 0.830. The Balaban J connectivity index is 1.57. The molecular formula is C15H21N3O3S3. The number of thioether (sulfide) groups is 1. The van der Waals surface area contributed by atoms with Crippen molar-refractivity contribution >= 4 is 39.0 Å². The van der Waals surface area contributed by atoms with Crippen molar-refractivity contribution in [1.29, 1.82) is 0 Å². The van der Waals surface area contributed by atoms with Crippen LogP contribution in [-0.2, 0) is 10.0 Å². The van der Waals surface area contributed by atoms with Gasteiger partial charge in [0, 0.05) is 50.8 Å². The molecule has 24 heavy (non-hydrogen) atoms. The lowest BCUT2D eigenvalue weighted by molar-refractivity contribution is 0.0783. The molecule has 0 saturated carbocycles. The van der Waals surface area contributed by atoms with Crippen molar-refractivity contribution in [3.05, 3.63) is 16.3 Å². The monoisotopic (exact) mass is 387 g/mol. The Morgan fingerprint density at radius 1 is 1.17 bits per heavy atom. The van der Waals surface area contributed by atoms with E-state index in [1.165, 1.54) is 15.6 Å². The first-order valence-corrected chi connectivity index (χ1v) is 11.7. The van der Waals surface area contributed by atoms with Gasteiger partial charge in [-0.25, -0.2) is 8.42 Å². The largest absolute Gasteiger partial charge is 0.337 e. The van der Waals surface area contributed by atoms with E-state index in [-0.39, 0.29) is 10.8 Å². The van der Waals surface area contributed by atoms with E-state index in [0.29, 0.717) is 29.8 Å². The van der Waals surface area contributed by atoms with Gasteiger partial charge < -0.3 is 10.2 Å². The second-order valence-electron chi connectivity index (χ2n) is 6.52. The molecule has 3 saturated heterocycles. The number of amides is 1. The number of thiophene rings is 1. The Morgan fingerprint density at radius 2 is 1.83 bits per heavy atom. The number of rotatable bonds is 3. The summed E-state index contributed by atoms with van der Waals surface area (Å²) in [4.78, 5) is 15.3. The SMILES string of the molecule is O=C(c1sccc1S(=O)(=O)N1CCSCC1)N1C[C@H]2CNC[C@H]2C1. The summed E-state index contributed by atoms with van der Waals surface area (Å²) in [6.07, 6.45) is 0. The molecule has 9 heteroatoms. The lowest BCUT2D eigenvalue weighted by Crippen LogP contribution is -2.39. The summed E-state index contributed by atoms with van der Waals surface area (Å²) in [5.74, 6) is 2.52. The predicted molar refractivity (Wildman–Crippen MR) is 96.2 cm³/mol. The minimum absolute atomic E-state index is 0.121. The number of sulfonamides is 1. The van der Waals surface area contributed by atoms with Crippen molar-refractivity contribution in [3.63, 3.8) is 0 Å². The number of nitrogens with zero attached hydrogens (tertiary/aromatic N) is 2. The Bertz CT molecular complexity index is 715. The third-order valence-electron chi connectivity index (χ3n) is 5.09. The van der Waals surface area contributed by atoms with E-state index in [0.717, 1.165) is 37.7 Å². The van der Waals surface area contributed by atoms with Crippen LogP contribution in [0.5, 0.6) is 0 Å². The third kappa shape index (κ3) is 2.90. The van der Waals surface area contributed by atoms with Gasteiger partial charge in [-0.05, 0) is 23.3 Å². The smallest absolute Gasteiger partial charge is 0.265 e. The maximum Gasteiger partial charge on any atom is 0.265 e. The highest BCUT2D eigenvalue weighted by atomic mass is 32.2. The number of carbonyl (C=O) groups is 1. The molecule has 3 aliphatic heterocycles. The summed E-state index contributed by atoms with van der Waals surface area (Å²) < 4.78 is 27.4. The molecule has 1 aromatic heterocycles. The molecule has 0 radical (unpaired) electrons. The van der Waals surface area contributed by atoms with Crippen LogP contribution in [0.3, 0.4) is 0 Å². The van der Waals surface area contributed by atoms with Gasteiger partial charge in [-0.1, -0.05) is 0 Å². The molecule has 0 aliphatic carbocycles. The van der Waals surface area contributed by atoms with E-state index >= 15 is 0 Å². The first kappa shape index (κ1) is 16.8. The lowest BCUT2D eigenvalue weighted by Gasteiger charge is -2.26. The molecule has 0 bridgehead atoms. The average molecular weight is 388 g/mol. The van der Waals surface area contributed by atoms with Crippen LogP contribution < -0.4 is 5.32 Å². The van der Waals surface area contributed by atoms with Crippen molar-refractivity contribution in [2.24, 2.45) is 11.8 Å². The van der Waals surface area contributed by atoms with E-state index in [1.807, 2.05) is 4.90 Å². The number of carbonyl (C=O) groups excluding carboxylic acids is 1. The topological polar surface area (TPSA) is 69.7 Å². The molecule has 0 spiro atoms. The summed E-state index contributed by atoms with van der Waals surface area (Å²) in [6.45, 7) is 4.42. The molecular weight excluding hydrogens is 366 g/mol. The normalized spacial score (nSPS) is 28.2. The predicted octanol–water partition coefficient (Wildman–Crippen LogP) is 0.777. The van der Waals surface area contributed by atoms with Crippen LogP contribution in [0.15, 0.2) is 16.3 Å². The molecule has 0 aromatic carbocycles. The molecule has 1 aromatic rings. The zero-order valence-electron chi connectivity index (χ0n) is 13.3. The number of fused-ring (bicyclic) bond motifs is 1. The highest BCUT2D eigenvalue weighted by Gasteiger charge is 2.40. The molecule has 6 nitrogen and oxygen atoms in total. The zero-order chi connectivity index (χ0) is 16.7. The van der Waals surface area contributed by atoms with Crippen molar-refractivity contribution in [2.75, 3.05) is 50.8 Å². The first-order valence-electron chi connectivity index (χ1n) is 8.23. The summed E-state index contributed by atoms with van der Waals surface area (Å²) in [7, 11) is -3.57. The van der Waals surface area contributed by atoms with Crippen LogP contribution in [0.2, 0.25) is 0 Å². The highest BCUT2D eigenvalue weighted by Crippen LogP contribution is 2.32. The van der Waals surface area contributed by atoms with Gasteiger partial charge in [-0.3, -0.25) is 4.79 Å². The number of likely N-dealkylation sites (tertiary alicyclic amines) is 1. The molecule has 4 rings (SSSR count). The Hall–Kier alpha value is -0.610. The summed E-state index contributed by atoms with van der Waals surface area (Å²) in [5, 5.41) is 5.08. The van der Waals surface area contributed by atoms with E-state index in [4.69, 9.17) is 0 Å². The summed E-state index contributed by atoms with van der Waals surface area (Å²) >= 11 is 3.01. The van der Waals surface area contributed by atoms with Gasteiger partial charge in [-0.2, -0.15) is 16.1 Å². The molecule has 1 amide bonds. The molecule has 1 N–H and O–H groups in total. The van der Waals surface area contributed by atoms with Crippen LogP contribution in [0.1, 0.15) is 9.67 Å². The second-order valence-corrected chi connectivity index (χ2v) is 10.6. The number of hydrogen-bond donors (Lipinski definition) is 1. The second kappa shape index (κ2) is 6.60. The molecule has 0 unspecified atom stereocenters. The van der Waals surface area contributed by atoms with E-state index in [9.17, 15) is 13.2 Å². The molecule has 3 aliphatic rings. The summed E-state index contributed by atoms with van der Waals surface area (Å²) in [6, 6.07) is 1.59. The minimum atomic E-state index is -3.57. The summed E-state index contributed by atoms with van der Waals surface area (Å²) in [5.41, 5.74) is 0. The van der Waals surface area contributed by atoms with Gasteiger partial charge in [0.05, 0.1) is 0 Å². The van der Waals surface area contributed by atoms with Crippen LogP contribution >= 0.6 is 23.1 Å². The van der Waals surface area contributed by atoms with Gasteiger partial charge in [0.15, 0.2) is 0 Å². The standard InChI is InChI=1S/C15H21N3O3S3/c19-15(17-9-11-7-16-8-12(11)10-17)14-13(1-4-23-14)24(20,21)18-2-5-22-6-3-18/h1,4,11-12,16H,2-3,5-10H2/t11-,12+. The average Bonchev–Trinajstić information content (AvgIpc) is 3.30. The lowest BCUT2D eigenvalue weighted by atomic mass is 10.0. The molecule has 3 fully saturated rings. The van der Waals surface area contributed by atoms with Gasteiger partial charge >= 0.3 is 0 Å².